The van der Waals surface area contributed by atoms with Crippen molar-refractivity contribution in [3.63, 3.8) is 0 Å². The molecule has 0 saturated carbocycles. The van der Waals surface area contributed by atoms with E-state index >= 15 is 0 Å². The Balaban J connectivity index is 2.32. The zero-order valence-electron chi connectivity index (χ0n) is 10.4. The number of oxime groups is 1. The molecule has 0 aromatic carbocycles. The van der Waals surface area contributed by atoms with Crippen molar-refractivity contribution in [3.05, 3.63) is 22.3 Å². The Morgan fingerprint density at radius 3 is 2.85 bits per heavy atom. The molecule has 11 heteroatoms. The van der Waals surface area contributed by atoms with E-state index in [1.807, 2.05) is 0 Å². The predicted octanol–water partition coefficient (Wildman–Crippen LogP) is 1.53. The van der Waals surface area contributed by atoms with Crippen molar-refractivity contribution in [1.29, 1.82) is 0 Å². The van der Waals surface area contributed by atoms with E-state index in [1.54, 1.807) is 12.3 Å². The molecule has 0 aliphatic carbocycles. The maximum atomic E-state index is 12.2. The van der Waals surface area contributed by atoms with E-state index in [2.05, 4.69) is 20.0 Å². The predicted molar refractivity (Wildman–Crippen MR) is 75.1 cm³/mol. The van der Waals surface area contributed by atoms with Gasteiger partial charge in [-0.05, 0) is 6.92 Å². The molecule has 0 atom stereocenters. The zero-order chi connectivity index (χ0) is 14.9. The molecule has 2 aromatic heterocycles. The van der Waals surface area contributed by atoms with Crippen LogP contribution in [0.5, 0.6) is 0 Å². The Morgan fingerprint density at radius 1 is 1.60 bits per heavy atom. The fraction of sp³-hybridized carbons (Fsp3) is 0.222. The fourth-order valence-corrected chi connectivity index (χ4v) is 4.07. The van der Waals surface area contributed by atoms with Gasteiger partial charge < -0.3 is 5.21 Å². The third kappa shape index (κ3) is 2.76. The molecular weight excluding hydrogens is 326 g/mol. The summed E-state index contributed by atoms with van der Waals surface area (Å²) in [6, 6.07) is 0. The van der Waals surface area contributed by atoms with Crippen LogP contribution in [-0.2, 0) is 17.1 Å². The summed E-state index contributed by atoms with van der Waals surface area (Å²) >= 11 is 6.87. The van der Waals surface area contributed by atoms with Gasteiger partial charge in [0.15, 0.2) is 10.2 Å². The standard InChI is InChI=1S/C9H10ClN5O3S2/c1-5(13-16)7-4-19-9(12-7)14-20(17,18)8-6(10)3-11-15(8)2/h3-4,16H,1-2H3,(H,12,14). The van der Waals surface area contributed by atoms with Gasteiger partial charge in [0.05, 0.1) is 11.2 Å². The molecule has 0 radical (unpaired) electrons. The van der Waals surface area contributed by atoms with Gasteiger partial charge in [0.2, 0.25) is 0 Å². The molecule has 20 heavy (non-hydrogen) atoms. The highest BCUT2D eigenvalue weighted by molar-refractivity contribution is 7.93. The Kier molecular flexibility index (Phi) is 3.97. The van der Waals surface area contributed by atoms with Gasteiger partial charge in [-0.1, -0.05) is 16.8 Å². The molecule has 2 aromatic rings. The third-order valence-electron chi connectivity index (χ3n) is 2.34. The Morgan fingerprint density at radius 2 is 2.30 bits per heavy atom. The summed E-state index contributed by atoms with van der Waals surface area (Å²) in [5.74, 6) is 0. The Bertz CT molecular complexity index is 745. The highest BCUT2D eigenvalue weighted by atomic mass is 35.5. The average Bonchev–Trinajstić information content (AvgIpc) is 2.95. The molecule has 0 saturated heterocycles. The molecule has 0 unspecified atom stereocenters. The van der Waals surface area contributed by atoms with Crippen molar-refractivity contribution in [2.24, 2.45) is 12.2 Å². The van der Waals surface area contributed by atoms with Gasteiger partial charge in [0.25, 0.3) is 10.0 Å². The van der Waals surface area contributed by atoms with Crippen LogP contribution >= 0.6 is 22.9 Å². The van der Waals surface area contributed by atoms with E-state index in [-0.39, 0.29) is 20.9 Å². The number of aryl methyl sites for hydroxylation is 1. The van der Waals surface area contributed by atoms with Gasteiger partial charge in [-0.2, -0.15) is 13.5 Å². The van der Waals surface area contributed by atoms with Crippen LogP contribution in [0.25, 0.3) is 0 Å². The van der Waals surface area contributed by atoms with Crippen molar-refractivity contribution >= 4 is 43.8 Å². The first-order chi connectivity index (χ1) is 9.35. The summed E-state index contributed by atoms with van der Waals surface area (Å²) in [7, 11) is -2.42. The van der Waals surface area contributed by atoms with E-state index in [0.717, 1.165) is 16.0 Å². The smallest absolute Gasteiger partial charge is 0.282 e. The number of nitrogens with one attached hydrogen (secondary N) is 1. The second-order valence-corrected chi connectivity index (χ2v) is 6.61. The first-order valence-electron chi connectivity index (χ1n) is 5.20. The van der Waals surface area contributed by atoms with Gasteiger partial charge in [-0.3, -0.25) is 9.40 Å². The van der Waals surface area contributed by atoms with Crippen LogP contribution in [0.2, 0.25) is 5.02 Å². The lowest BCUT2D eigenvalue weighted by Crippen LogP contribution is -2.17. The lowest BCUT2D eigenvalue weighted by molar-refractivity contribution is 0.319. The summed E-state index contributed by atoms with van der Waals surface area (Å²) < 4.78 is 27.8. The molecule has 0 aliphatic heterocycles. The SMILES string of the molecule is CC(=NO)c1csc(NS(=O)(=O)c2c(Cl)cnn2C)n1. The number of sulfonamides is 1. The molecule has 2 heterocycles. The van der Waals surface area contributed by atoms with E-state index in [0.29, 0.717) is 5.69 Å². The molecule has 0 fully saturated rings. The molecule has 0 bridgehead atoms. The Labute approximate surface area is 123 Å². The number of anilines is 1. The summed E-state index contributed by atoms with van der Waals surface area (Å²) in [6.07, 6.45) is 1.24. The van der Waals surface area contributed by atoms with Gasteiger partial charge in [0.1, 0.15) is 11.4 Å². The zero-order valence-corrected chi connectivity index (χ0v) is 12.8. The van der Waals surface area contributed by atoms with E-state index in [1.165, 1.54) is 13.2 Å². The minimum atomic E-state index is -3.89. The van der Waals surface area contributed by atoms with Crippen LogP contribution in [-0.4, -0.2) is 34.1 Å². The van der Waals surface area contributed by atoms with Crippen LogP contribution in [0.15, 0.2) is 21.8 Å². The summed E-state index contributed by atoms with van der Waals surface area (Å²) in [5.41, 5.74) is 0.663. The maximum absolute atomic E-state index is 12.2. The van der Waals surface area contributed by atoms with Crippen molar-refractivity contribution in [2.75, 3.05) is 4.72 Å². The molecular formula is C9H10ClN5O3S2. The number of nitrogens with zero attached hydrogens (tertiary/aromatic N) is 4. The summed E-state index contributed by atoms with van der Waals surface area (Å²) in [6.45, 7) is 1.55. The molecule has 8 nitrogen and oxygen atoms in total. The van der Waals surface area contributed by atoms with Crippen molar-refractivity contribution in [1.82, 2.24) is 14.8 Å². The molecule has 2 N–H and O–H groups in total. The number of hydrogen-bond acceptors (Lipinski definition) is 7. The fourth-order valence-electron chi connectivity index (χ4n) is 1.40. The summed E-state index contributed by atoms with van der Waals surface area (Å²) in [5, 5.41) is 17.0. The second-order valence-electron chi connectivity index (χ2n) is 3.75. The van der Waals surface area contributed by atoms with Crippen LogP contribution < -0.4 is 4.72 Å². The van der Waals surface area contributed by atoms with Crippen LogP contribution in [0.1, 0.15) is 12.6 Å². The van der Waals surface area contributed by atoms with Crippen LogP contribution in [0.3, 0.4) is 0 Å². The van der Waals surface area contributed by atoms with Gasteiger partial charge in [-0.15, -0.1) is 11.3 Å². The van der Waals surface area contributed by atoms with Crippen LogP contribution in [0, 0.1) is 0 Å². The third-order valence-corrected chi connectivity index (χ3v) is 5.07. The monoisotopic (exact) mass is 335 g/mol. The van der Waals surface area contributed by atoms with Crippen molar-refractivity contribution < 1.29 is 13.6 Å². The van der Waals surface area contributed by atoms with Gasteiger partial charge in [-0.25, -0.2) is 4.98 Å². The summed E-state index contributed by atoms with van der Waals surface area (Å²) in [4.78, 5) is 4.00. The van der Waals surface area contributed by atoms with Crippen LogP contribution in [0.4, 0.5) is 5.13 Å². The first-order valence-corrected chi connectivity index (χ1v) is 7.94. The van der Waals surface area contributed by atoms with Crippen molar-refractivity contribution in [3.8, 4) is 0 Å². The normalized spacial score (nSPS) is 12.7. The molecule has 0 spiro atoms. The number of halogens is 1. The molecule has 0 aliphatic rings. The number of rotatable bonds is 4. The topological polar surface area (TPSA) is 109 Å². The Hall–Kier alpha value is -1.65. The second kappa shape index (κ2) is 5.38. The first kappa shape index (κ1) is 14.8. The largest absolute Gasteiger partial charge is 0.411 e. The number of hydrogen-bond donors (Lipinski definition) is 2. The van der Waals surface area contributed by atoms with Gasteiger partial charge >= 0.3 is 0 Å². The molecule has 108 valence electrons. The molecule has 0 amide bonds. The number of thiazole rings is 1. The quantitative estimate of drug-likeness (QED) is 0.500. The van der Waals surface area contributed by atoms with Crippen molar-refractivity contribution in [2.45, 2.75) is 11.9 Å². The van der Waals surface area contributed by atoms with E-state index < -0.39 is 10.0 Å². The highest BCUT2D eigenvalue weighted by Crippen LogP contribution is 2.24. The van der Waals surface area contributed by atoms with Gasteiger partial charge in [0, 0.05) is 12.4 Å². The minimum Gasteiger partial charge on any atom is -0.411 e. The van der Waals surface area contributed by atoms with E-state index in [4.69, 9.17) is 16.8 Å². The lowest BCUT2D eigenvalue weighted by atomic mass is 10.3. The maximum Gasteiger partial charge on any atom is 0.282 e. The average molecular weight is 336 g/mol. The highest BCUT2D eigenvalue weighted by Gasteiger charge is 2.24. The number of aromatic nitrogens is 3. The van der Waals surface area contributed by atoms with E-state index in [9.17, 15) is 8.42 Å². The minimum absolute atomic E-state index is 0.0184. The lowest BCUT2D eigenvalue weighted by Gasteiger charge is -2.05. The molecule has 2 rings (SSSR count).